The average molecular weight is 277 g/mol. The summed E-state index contributed by atoms with van der Waals surface area (Å²) in [5.74, 6) is -0.331. The normalized spacial score (nSPS) is 13.4. The lowest BCUT2D eigenvalue weighted by Gasteiger charge is -2.23. The highest BCUT2D eigenvalue weighted by atomic mass is 16.4. The van der Waals surface area contributed by atoms with Crippen molar-refractivity contribution in [3.8, 4) is 0 Å². The molecule has 0 amide bonds. The van der Waals surface area contributed by atoms with Gasteiger partial charge >= 0.3 is 5.97 Å². The predicted molar refractivity (Wildman–Crippen MR) is 75.8 cm³/mol. The molecule has 0 radical (unpaired) electrons. The number of aliphatic carboxylic acids is 1. The Bertz CT molecular complexity index is 644. The summed E-state index contributed by atoms with van der Waals surface area (Å²) in [5.41, 5.74) is 0.497. The molecule has 1 N–H and O–H groups in total. The van der Waals surface area contributed by atoms with Crippen molar-refractivity contribution >= 4 is 22.8 Å². The maximum Gasteiger partial charge on any atom is 0.326 e. The Hall–Kier alpha value is -2.18. The number of carbonyl (C=O) groups is 1. The lowest BCUT2D eigenvalue weighted by atomic mass is 10.1. The van der Waals surface area contributed by atoms with E-state index in [4.69, 9.17) is 5.11 Å². The zero-order valence-corrected chi connectivity index (χ0v) is 12.3. The second-order valence-electron chi connectivity index (χ2n) is 5.79. The third-order valence-corrected chi connectivity index (χ3v) is 3.25. The highest BCUT2D eigenvalue weighted by Gasteiger charge is 2.24. The molecule has 20 heavy (non-hydrogen) atoms. The van der Waals surface area contributed by atoms with Crippen molar-refractivity contribution in [2.45, 2.75) is 39.3 Å². The SMILES string of the molecule is CC(C(=O)O)N(C)c1ncnc2c1cnn2C(C)(C)C. The van der Waals surface area contributed by atoms with E-state index in [1.54, 1.807) is 25.1 Å². The first kappa shape index (κ1) is 14.2. The van der Waals surface area contributed by atoms with Crippen LogP contribution in [-0.2, 0) is 10.3 Å². The molecule has 0 aliphatic rings. The van der Waals surface area contributed by atoms with E-state index in [0.717, 1.165) is 5.39 Å². The Kier molecular flexibility index (Phi) is 3.37. The van der Waals surface area contributed by atoms with E-state index in [1.165, 1.54) is 6.33 Å². The van der Waals surface area contributed by atoms with E-state index in [2.05, 4.69) is 15.1 Å². The van der Waals surface area contributed by atoms with E-state index in [0.29, 0.717) is 11.5 Å². The van der Waals surface area contributed by atoms with Crippen LogP contribution in [0.1, 0.15) is 27.7 Å². The van der Waals surface area contributed by atoms with Crippen LogP contribution in [0.3, 0.4) is 0 Å². The van der Waals surface area contributed by atoms with Crippen molar-refractivity contribution in [3.05, 3.63) is 12.5 Å². The average Bonchev–Trinajstić information content (AvgIpc) is 2.80. The Labute approximate surface area is 117 Å². The molecule has 7 heteroatoms. The van der Waals surface area contributed by atoms with E-state index < -0.39 is 12.0 Å². The van der Waals surface area contributed by atoms with E-state index >= 15 is 0 Å². The van der Waals surface area contributed by atoms with Crippen molar-refractivity contribution in [2.75, 3.05) is 11.9 Å². The number of aromatic nitrogens is 4. The zero-order chi connectivity index (χ0) is 15.1. The quantitative estimate of drug-likeness (QED) is 0.915. The largest absolute Gasteiger partial charge is 0.480 e. The number of fused-ring (bicyclic) bond motifs is 1. The van der Waals surface area contributed by atoms with Crippen molar-refractivity contribution in [1.29, 1.82) is 0 Å². The number of anilines is 1. The second-order valence-corrected chi connectivity index (χ2v) is 5.79. The highest BCUT2D eigenvalue weighted by Crippen LogP contribution is 2.26. The minimum absolute atomic E-state index is 0.204. The van der Waals surface area contributed by atoms with Gasteiger partial charge in [0.25, 0.3) is 0 Å². The third kappa shape index (κ3) is 2.31. The van der Waals surface area contributed by atoms with Gasteiger partial charge in [0.15, 0.2) is 5.65 Å². The first-order valence-electron chi connectivity index (χ1n) is 6.38. The molecule has 2 rings (SSSR count). The van der Waals surface area contributed by atoms with Crippen molar-refractivity contribution < 1.29 is 9.90 Å². The molecule has 0 aliphatic heterocycles. The second kappa shape index (κ2) is 4.73. The van der Waals surface area contributed by atoms with Crippen LogP contribution in [-0.4, -0.2) is 43.9 Å². The maximum absolute atomic E-state index is 11.1. The van der Waals surface area contributed by atoms with Gasteiger partial charge in [0, 0.05) is 7.05 Å². The van der Waals surface area contributed by atoms with Gasteiger partial charge in [0.05, 0.1) is 17.1 Å². The molecule has 2 heterocycles. The van der Waals surface area contributed by atoms with E-state index in [-0.39, 0.29) is 5.54 Å². The fourth-order valence-electron chi connectivity index (χ4n) is 1.95. The van der Waals surface area contributed by atoms with Gasteiger partial charge in [-0.05, 0) is 27.7 Å². The summed E-state index contributed by atoms with van der Waals surface area (Å²) >= 11 is 0. The Morgan fingerprint density at radius 3 is 2.60 bits per heavy atom. The van der Waals surface area contributed by atoms with Crippen LogP contribution in [0.5, 0.6) is 0 Å². The number of rotatable bonds is 3. The molecule has 0 aliphatic carbocycles. The first-order valence-corrected chi connectivity index (χ1v) is 6.38. The third-order valence-electron chi connectivity index (χ3n) is 3.25. The van der Waals surface area contributed by atoms with Crippen LogP contribution in [0.2, 0.25) is 0 Å². The van der Waals surface area contributed by atoms with E-state index in [9.17, 15) is 4.79 Å². The van der Waals surface area contributed by atoms with E-state index in [1.807, 2.05) is 25.5 Å². The minimum atomic E-state index is -0.900. The van der Waals surface area contributed by atoms with Crippen molar-refractivity contribution in [2.24, 2.45) is 0 Å². The maximum atomic E-state index is 11.1. The number of likely N-dealkylation sites (N-methyl/N-ethyl adjacent to an activating group) is 1. The highest BCUT2D eigenvalue weighted by molar-refractivity contribution is 5.89. The van der Waals surface area contributed by atoms with Crippen LogP contribution in [0, 0.1) is 0 Å². The molecular formula is C13H19N5O2. The molecule has 0 saturated carbocycles. The van der Waals surface area contributed by atoms with Crippen LogP contribution in [0.25, 0.3) is 11.0 Å². The molecule has 1 atom stereocenters. The summed E-state index contributed by atoms with van der Waals surface area (Å²) < 4.78 is 1.81. The van der Waals surface area contributed by atoms with Crippen LogP contribution >= 0.6 is 0 Å². The summed E-state index contributed by atoms with van der Waals surface area (Å²) in [6.45, 7) is 7.71. The molecule has 0 fully saturated rings. The van der Waals surface area contributed by atoms with Crippen LogP contribution in [0.4, 0.5) is 5.82 Å². The monoisotopic (exact) mass is 277 g/mol. The zero-order valence-electron chi connectivity index (χ0n) is 12.3. The molecule has 2 aromatic heterocycles. The molecule has 108 valence electrons. The van der Waals surface area contributed by atoms with Crippen molar-refractivity contribution in [3.63, 3.8) is 0 Å². The number of hydrogen-bond acceptors (Lipinski definition) is 5. The lowest BCUT2D eigenvalue weighted by molar-refractivity contribution is -0.138. The topological polar surface area (TPSA) is 84.1 Å². The molecule has 2 aromatic rings. The van der Waals surface area contributed by atoms with Crippen molar-refractivity contribution in [1.82, 2.24) is 19.7 Å². The van der Waals surface area contributed by atoms with Gasteiger partial charge in [-0.1, -0.05) is 0 Å². The molecule has 0 saturated heterocycles. The predicted octanol–water partition coefficient (Wildman–Crippen LogP) is 1.49. The molecular weight excluding hydrogens is 258 g/mol. The smallest absolute Gasteiger partial charge is 0.326 e. The summed E-state index contributed by atoms with van der Waals surface area (Å²) in [5, 5.41) is 14.2. The standard InChI is InChI=1S/C13H19N5O2/c1-8(12(19)20)17(5)10-9-6-16-18(13(2,3)4)11(9)15-7-14-10/h6-8H,1-5H3,(H,19,20). The molecule has 0 spiro atoms. The van der Waals surface area contributed by atoms with Crippen LogP contribution in [0.15, 0.2) is 12.5 Å². The Morgan fingerprint density at radius 1 is 1.40 bits per heavy atom. The number of carboxylic acid groups (broad SMARTS) is 1. The number of nitrogens with zero attached hydrogens (tertiary/aromatic N) is 5. The summed E-state index contributed by atoms with van der Waals surface area (Å²) in [4.78, 5) is 21.2. The van der Waals surface area contributed by atoms with Gasteiger partial charge in [0.1, 0.15) is 18.2 Å². The Morgan fingerprint density at radius 2 is 2.05 bits per heavy atom. The Balaban J connectivity index is 2.57. The lowest BCUT2D eigenvalue weighted by Crippen LogP contribution is -2.36. The van der Waals surface area contributed by atoms with Gasteiger partial charge < -0.3 is 10.0 Å². The van der Waals surface area contributed by atoms with Gasteiger partial charge in [-0.25, -0.2) is 19.4 Å². The molecule has 0 bridgehead atoms. The first-order chi connectivity index (χ1) is 9.23. The minimum Gasteiger partial charge on any atom is -0.480 e. The van der Waals surface area contributed by atoms with Gasteiger partial charge in [-0.3, -0.25) is 0 Å². The number of carboxylic acids is 1. The summed E-state index contributed by atoms with van der Waals surface area (Å²) in [6.07, 6.45) is 3.12. The number of hydrogen-bond donors (Lipinski definition) is 1. The molecule has 1 unspecified atom stereocenters. The fourth-order valence-corrected chi connectivity index (χ4v) is 1.95. The molecule has 7 nitrogen and oxygen atoms in total. The van der Waals surface area contributed by atoms with Crippen LogP contribution < -0.4 is 4.90 Å². The van der Waals surface area contributed by atoms with Gasteiger partial charge in [-0.15, -0.1) is 0 Å². The summed E-state index contributed by atoms with van der Waals surface area (Å²) in [6, 6.07) is -0.675. The molecule has 0 aromatic carbocycles. The fraction of sp³-hybridized carbons (Fsp3) is 0.538. The van der Waals surface area contributed by atoms with Gasteiger partial charge in [-0.2, -0.15) is 5.10 Å². The van der Waals surface area contributed by atoms with Gasteiger partial charge in [0.2, 0.25) is 0 Å². The summed E-state index contributed by atoms with van der Waals surface area (Å²) in [7, 11) is 1.70.